The highest BCUT2D eigenvalue weighted by atomic mass is 16.5. The third-order valence-electron chi connectivity index (χ3n) is 6.04. The number of aromatic amines is 1. The molecule has 0 fully saturated rings. The van der Waals surface area contributed by atoms with Gasteiger partial charge in [-0.3, -0.25) is 24.6 Å². The number of methoxy groups -OCH3 is 2. The summed E-state index contributed by atoms with van der Waals surface area (Å²) in [4.78, 5) is 49.5. The lowest BCUT2D eigenvalue weighted by atomic mass is 10.0. The fraction of sp³-hybridized carbons (Fsp3) is 0.250. The number of anilines is 2. The van der Waals surface area contributed by atoms with Gasteiger partial charge >= 0.3 is 0 Å². The van der Waals surface area contributed by atoms with Crippen LogP contribution in [0.1, 0.15) is 45.3 Å². The molecule has 0 bridgehead atoms. The third-order valence-corrected chi connectivity index (χ3v) is 6.04. The van der Waals surface area contributed by atoms with Crippen LogP contribution in [-0.2, 0) is 4.79 Å². The molecule has 0 spiro atoms. The molecule has 0 saturated carbocycles. The second kappa shape index (κ2) is 8.54. The second-order valence-corrected chi connectivity index (χ2v) is 7.92. The molecule has 0 aliphatic carbocycles. The van der Waals surface area contributed by atoms with Crippen molar-refractivity contribution in [3.8, 4) is 11.5 Å². The molecule has 2 aliphatic heterocycles. The first kappa shape index (κ1) is 21.5. The topological polar surface area (TPSA) is 117 Å². The highest BCUT2D eigenvalue weighted by molar-refractivity contribution is 6.18. The van der Waals surface area contributed by atoms with Gasteiger partial charge < -0.3 is 19.4 Å². The van der Waals surface area contributed by atoms with E-state index in [1.165, 1.54) is 14.2 Å². The predicted octanol–water partition coefficient (Wildman–Crippen LogP) is 2.96. The molecular formula is C24H23N5O5. The molecule has 34 heavy (non-hydrogen) atoms. The molecule has 174 valence electrons. The number of benzene rings is 2. The number of H-pyrrole nitrogens is 1. The molecule has 0 unspecified atom stereocenters. The second-order valence-electron chi connectivity index (χ2n) is 7.92. The molecule has 3 aromatic rings. The third kappa shape index (κ3) is 3.35. The minimum Gasteiger partial charge on any atom is -0.493 e. The first-order chi connectivity index (χ1) is 16.5. The van der Waals surface area contributed by atoms with Gasteiger partial charge in [0.15, 0.2) is 11.5 Å². The van der Waals surface area contributed by atoms with Crippen LogP contribution in [0.5, 0.6) is 11.5 Å². The zero-order valence-corrected chi connectivity index (χ0v) is 18.7. The number of aromatic nitrogens is 2. The molecule has 1 atom stereocenters. The van der Waals surface area contributed by atoms with Crippen molar-refractivity contribution >= 4 is 29.4 Å². The van der Waals surface area contributed by atoms with Crippen molar-refractivity contribution < 1.29 is 23.9 Å². The zero-order chi connectivity index (χ0) is 23.8. The van der Waals surface area contributed by atoms with Crippen molar-refractivity contribution in [3.05, 3.63) is 65.5 Å². The van der Waals surface area contributed by atoms with E-state index in [1.807, 2.05) is 0 Å². The Hall–Kier alpha value is -4.34. The number of carbonyl (C=O) groups excluding carboxylic acids is 3. The fourth-order valence-electron chi connectivity index (χ4n) is 4.59. The van der Waals surface area contributed by atoms with Crippen LogP contribution in [0.25, 0.3) is 0 Å². The SMILES string of the molecule is COc1ccc2c(c1OC)C(=O)N1c3ccccc3C(=O)N(CCCC(=O)Nc3ncc[nH]3)[C@H]21. The summed E-state index contributed by atoms with van der Waals surface area (Å²) in [5, 5.41) is 2.68. The summed E-state index contributed by atoms with van der Waals surface area (Å²) in [5.41, 5.74) is 2.01. The number of fused-ring (bicyclic) bond motifs is 5. The van der Waals surface area contributed by atoms with E-state index >= 15 is 0 Å². The fourth-order valence-corrected chi connectivity index (χ4v) is 4.59. The standard InChI is InChI=1S/C24H23N5O5/c1-33-17-10-9-15-19(20(17)34-2)23(32)29-16-7-4-3-6-14(16)22(31)28(21(15)29)13-5-8-18(30)27-24-25-11-12-26-24/h3-4,6-7,9-12,21H,5,8,13H2,1-2H3,(H2,25,26,27,30)/t21-/m0/s1. The monoisotopic (exact) mass is 461 g/mol. The van der Waals surface area contributed by atoms with E-state index in [4.69, 9.17) is 9.47 Å². The van der Waals surface area contributed by atoms with E-state index < -0.39 is 6.17 Å². The summed E-state index contributed by atoms with van der Waals surface area (Å²) >= 11 is 0. The van der Waals surface area contributed by atoms with Gasteiger partial charge in [-0.25, -0.2) is 4.98 Å². The van der Waals surface area contributed by atoms with Crippen LogP contribution in [0, 0.1) is 0 Å². The molecular weight excluding hydrogens is 438 g/mol. The zero-order valence-electron chi connectivity index (χ0n) is 18.7. The predicted molar refractivity (Wildman–Crippen MR) is 123 cm³/mol. The number of nitrogens with one attached hydrogen (secondary N) is 2. The maximum atomic E-state index is 13.6. The molecule has 3 amide bonds. The van der Waals surface area contributed by atoms with Crippen LogP contribution in [0.2, 0.25) is 0 Å². The van der Waals surface area contributed by atoms with Gasteiger partial charge in [-0.1, -0.05) is 18.2 Å². The largest absolute Gasteiger partial charge is 0.493 e. The number of ether oxygens (including phenoxy) is 2. The first-order valence-electron chi connectivity index (χ1n) is 10.8. The van der Waals surface area contributed by atoms with Crippen molar-refractivity contribution in [3.63, 3.8) is 0 Å². The number of nitrogens with zero attached hydrogens (tertiary/aromatic N) is 3. The molecule has 0 saturated heterocycles. The molecule has 2 aromatic carbocycles. The minimum absolute atomic E-state index is 0.186. The summed E-state index contributed by atoms with van der Waals surface area (Å²) in [6, 6.07) is 10.6. The Labute approximate surface area is 195 Å². The van der Waals surface area contributed by atoms with Gasteiger partial charge in [0.2, 0.25) is 11.9 Å². The summed E-state index contributed by atoms with van der Waals surface area (Å²) in [6.07, 6.45) is 3.11. The van der Waals surface area contributed by atoms with Crippen molar-refractivity contribution in [1.29, 1.82) is 0 Å². The highest BCUT2D eigenvalue weighted by Crippen LogP contribution is 2.49. The number of imidazole rings is 1. The molecule has 10 heteroatoms. The van der Waals surface area contributed by atoms with Crippen LogP contribution >= 0.6 is 0 Å². The van der Waals surface area contributed by atoms with E-state index in [0.717, 1.165) is 0 Å². The molecule has 1 aromatic heterocycles. The van der Waals surface area contributed by atoms with E-state index in [9.17, 15) is 14.4 Å². The van der Waals surface area contributed by atoms with Crippen molar-refractivity contribution in [2.75, 3.05) is 31.0 Å². The van der Waals surface area contributed by atoms with Gasteiger partial charge in [0.25, 0.3) is 11.8 Å². The van der Waals surface area contributed by atoms with Gasteiger partial charge in [0.1, 0.15) is 6.17 Å². The summed E-state index contributed by atoms with van der Waals surface area (Å²) in [5.74, 6) is 0.466. The number of carbonyl (C=O) groups is 3. The minimum atomic E-state index is -0.641. The van der Waals surface area contributed by atoms with Gasteiger partial charge in [-0.05, 0) is 24.6 Å². The summed E-state index contributed by atoms with van der Waals surface area (Å²) in [6.45, 7) is 0.279. The van der Waals surface area contributed by atoms with E-state index in [-0.39, 0.29) is 30.7 Å². The quantitative estimate of drug-likeness (QED) is 0.559. The molecule has 3 heterocycles. The van der Waals surface area contributed by atoms with E-state index in [0.29, 0.717) is 46.2 Å². The Balaban J connectivity index is 1.48. The number of amides is 3. The number of hydrogen-bond donors (Lipinski definition) is 2. The Kier molecular flexibility index (Phi) is 5.40. The lowest BCUT2D eigenvalue weighted by molar-refractivity contribution is -0.116. The Morgan fingerprint density at radius 1 is 1.12 bits per heavy atom. The lowest BCUT2D eigenvalue weighted by Crippen LogP contribution is -2.48. The molecule has 0 radical (unpaired) electrons. The Bertz CT molecular complexity index is 1270. The molecule has 2 aliphatic rings. The molecule has 2 N–H and O–H groups in total. The molecule has 5 rings (SSSR count). The average Bonchev–Trinajstić information content (AvgIpc) is 3.46. The van der Waals surface area contributed by atoms with Crippen LogP contribution in [0.3, 0.4) is 0 Å². The van der Waals surface area contributed by atoms with Gasteiger partial charge in [-0.2, -0.15) is 0 Å². The van der Waals surface area contributed by atoms with E-state index in [2.05, 4.69) is 15.3 Å². The van der Waals surface area contributed by atoms with Crippen molar-refractivity contribution in [1.82, 2.24) is 14.9 Å². The van der Waals surface area contributed by atoms with Gasteiger partial charge in [0, 0.05) is 30.9 Å². The summed E-state index contributed by atoms with van der Waals surface area (Å²) < 4.78 is 10.9. The van der Waals surface area contributed by atoms with Crippen LogP contribution in [0.4, 0.5) is 11.6 Å². The van der Waals surface area contributed by atoms with Crippen LogP contribution < -0.4 is 19.7 Å². The van der Waals surface area contributed by atoms with E-state index in [1.54, 1.807) is 58.6 Å². The number of hydrogen-bond acceptors (Lipinski definition) is 6. The maximum Gasteiger partial charge on any atom is 0.264 e. The first-order valence-corrected chi connectivity index (χ1v) is 10.8. The number of rotatable bonds is 7. The maximum absolute atomic E-state index is 13.6. The Morgan fingerprint density at radius 3 is 2.68 bits per heavy atom. The highest BCUT2D eigenvalue weighted by Gasteiger charge is 2.49. The normalized spacial score (nSPS) is 16.1. The van der Waals surface area contributed by atoms with Crippen LogP contribution in [-0.4, -0.2) is 53.4 Å². The average molecular weight is 461 g/mol. The smallest absolute Gasteiger partial charge is 0.264 e. The van der Waals surface area contributed by atoms with Gasteiger partial charge in [-0.15, -0.1) is 0 Å². The lowest BCUT2D eigenvalue weighted by Gasteiger charge is -2.40. The van der Waals surface area contributed by atoms with Crippen molar-refractivity contribution in [2.24, 2.45) is 0 Å². The molecule has 10 nitrogen and oxygen atoms in total. The number of para-hydroxylation sites is 1. The van der Waals surface area contributed by atoms with Gasteiger partial charge in [0.05, 0.1) is 31.0 Å². The summed E-state index contributed by atoms with van der Waals surface area (Å²) in [7, 11) is 2.99. The Morgan fingerprint density at radius 2 is 1.94 bits per heavy atom. The van der Waals surface area contributed by atoms with Crippen molar-refractivity contribution in [2.45, 2.75) is 19.0 Å². The van der Waals surface area contributed by atoms with Crippen LogP contribution in [0.15, 0.2) is 48.8 Å².